The molecule has 2 aromatic carbocycles. The lowest BCUT2D eigenvalue weighted by Gasteiger charge is -2.08. The normalized spacial score (nSPS) is 10.6. The Balaban J connectivity index is 1.46. The van der Waals surface area contributed by atoms with Gasteiger partial charge in [-0.05, 0) is 23.3 Å². The lowest BCUT2D eigenvalue weighted by Crippen LogP contribution is -2.10. The molecule has 0 spiro atoms. The summed E-state index contributed by atoms with van der Waals surface area (Å²) in [5, 5.41) is 1.92. The van der Waals surface area contributed by atoms with Crippen LogP contribution in [-0.2, 0) is 23.7 Å². The van der Waals surface area contributed by atoms with E-state index in [0.717, 1.165) is 23.3 Å². The highest BCUT2D eigenvalue weighted by molar-refractivity contribution is 6.04. The van der Waals surface area contributed by atoms with Gasteiger partial charge in [0.05, 0.1) is 18.8 Å². The van der Waals surface area contributed by atoms with Crippen molar-refractivity contribution in [2.24, 2.45) is 0 Å². The average molecular weight is 400 g/mol. The van der Waals surface area contributed by atoms with E-state index in [-0.39, 0.29) is 5.97 Å². The summed E-state index contributed by atoms with van der Waals surface area (Å²) in [5.74, 6) is -0.727. The van der Waals surface area contributed by atoms with Gasteiger partial charge in [-0.3, -0.25) is 0 Å². The van der Waals surface area contributed by atoms with E-state index in [2.05, 4.69) is 6.58 Å². The van der Waals surface area contributed by atoms with Crippen molar-refractivity contribution in [1.82, 2.24) is 0 Å². The maximum Gasteiger partial charge on any atom is 0.338 e. The Hall–Kier alpha value is -2.70. The number of esters is 2. The van der Waals surface area contributed by atoms with E-state index in [1.54, 1.807) is 6.07 Å². The van der Waals surface area contributed by atoms with E-state index in [9.17, 15) is 9.59 Å². The number of rotatable bonds is 14. The van der Waals surface area contributed by atoms with E-state index in [4.69, 9.17) is 18.9 Å². The van der Waals surface area contributed by atoms with E-state index >= 15 is 0 Å². The van der Waals surface area contributed by atoms with E-state index < -0.39 is 5.97 Å². The van der Waals surface area contributed by atoms with Gasteiger partial charge in [-0.2, -0.15) is 0 Å². The third kappa shape index (κ3) is 8.46. The molecule has 2 rings (SSSR count). The molecule has 0 aliphatic heterocycles. The fourth-order valence-corrected chi connectivity index (χ4v) is 2.67. The molecule has 29 heavy (non-hydrogen) atoms. The van der Waals surface area contributed by atoms with Crippen molar-refractivity contribution in [2.45, 2.75) is 19.3 Å². The van der Waals surface area contributed by atoms with Gasteiger partial charge in [0, 0.05) is 45.3 Å². The zero-order valence-electron chi connectivity index (χ0n) is 16.6. The smallest absolute Gasteiger partial charge is 0.338 e. The van der Waals surface area contributed by atoms with Crippen LogP contribution in [0.25, 0.3) is 10.8 Å². The Kier molecular flexibility index (Phi) is 10.5. The molecule has 6 nitrogen and oxygen atoms in total. The first-order valence-corrected chi connectivity index (χ1v) is 9.82. The van der Waals surface area contributed by atoms with Gasteiger partial charge in [-0.25, -0.2) is 9.59 Å². The van der Waals surface area contributed by atoms with Crippen molar-refractivity contribution >= 4 is 22.7 Å². The molecule has 0 fully saturated rings. The summed E-state index contributed by atoms with van der Waals surface area (Å²) in [7, 11) is 0. The molecule has 0 atom stereocenters. The summed E-state index contributed by atoms with van der Waals surface area (Å²) in [4.78, 5) is 23.1. The number of hydrogen-bond donors (Lipinski definition) is 0. The summed E-state index contributed by atoms with van der Waals surface area (Å²) in [6, 6.07) is 13.4. The van der Waals surface area contributed by atoms with Gasteiger partial charge in [-0.1, -0.05) is 43.0 Å². The van der Waals surface area contributed by atoms with Gasteiger partial charge in [0.1, 0.15) is 0 Å². The Bertz CT molecular complexity index is 781. The lowest BCUT2D eigenvalue weighted by molar-refractivity contribution is -0.138. The zero-order chi connectivity index (χ0) is 20.7. The summed E-state index contributed by atoms with van der Waals surface area (Å²) in [5.41, 5.74) is 0.584. The molecule has 0 N–H and O–H groups in total. The minimum absolute atomic E-state index is 0.311. The van der Waals surface area contributed by atoms with Gasteiger partial charge in [-0.15, -0.1) is 0 Å². The maximum absolute atomic E-state index is 12.3. The number of carbonyl (C=O) groups excluding carboxylic acids is 2. The molecule has 0 amide bonds. The predicted octanol–water partition coefficient (Wildman–Crippen LogP) is 3.93. The van der Waals surface area contributed by atoms with Crippen LogP contribution >= 0.6 is 0 Å². The second-order valence-corrected chi connectivity index (χ2v) is 6.32. The van der Waals surface area contributed by atoms with Crippen molar-refractivity contribution in [3.63, 3.8) is 0 Å². The minimum atomic E-state index is -0.416. The molecule has 0 saturated carbocycles. The topological polar surface area (TPSA) is 71.1 Å². The first kappa shape index (κ1) is 22.6. The number of carbonyl (C=O) groups is 2. The SMILES string of the molecule is C=CC(=O)OCCCOCCCOCCCOC(=O)c1cccc2ccccc12. The van der Waals surface area contributed by atoms with Crippen molar-refractivity contribution in [3.05, 3.63) is 60.7 Å². The summed E-state index contributed by atoms with van der Waals surface area (Å²) < 4.78 is 21.1. The highest BCUT2D eigenvalue weighted by atomic mass is 16.5. The maximum atomic E-state index is 12.3. The molecular weight excluding hydrogens is 372 g/mol. The lowest BCUT2D eigenvalue weighted by atomic mass is 10.1. The van der Waals surface area contributed by atoms with Crippen LogP contribution in [0.5, 0.6) is 0 Å². The van der Waals surface area contributed by atoms with Crippen molar-refractivity contribution in [2.75, 3.05) is 39.6 Å². The second-order valence-electron chi connectivity index (χ2n) is 6.32. The van der Waals surface area contributed by atoms with Crippen LogP contribution in [-0.4, -0.2) is 51.6 Å². The molecule has 0 heterocycles. The first-order chi connectivity index (χ1) is 14.2. The standard InChI is InChI=1S/C23H28O6/c1-2-22(24)28-17-7-15-26-13-6-14-27-16-8-18-29-23(25)21-12-5-10-19-9-3-4-11-20(19)21/h2-5,9-12H,1,6-8,13-18H2. The van der Waals surface area contributed by atoms with Gasteiger partial charge < -0.3 is 18.9 Å². The molecule has 0 radical (unpaired) electrons. The molecule has 2 aromatic rings. The third-order valence-corrected chi connectivity index (χ3v) is 4.10. The van der Waals surface area contributed by atoms with Gasteiger partial charge in [0.15, 0.2) is 0 Å². The molecule has 0 bridgehead atoms. The summed E-state index contributed by atoms with van der Waals surface area (Å²) in [6.45, 7) is 6.22. The van der Waals surface area contributed by atoms with Crippen LogP contribution in [0, 0.1) is 0 Å². The van der Waals surface area contributed by atoms with Crippen molar-refractivity contribution < 1.29 is 28.5 Å². The number of benzene rings is 2. The van der Waals surface area contributed by atoms with E-state index in [1.807, 2.05) is 36.4 Å². The highest BCUT2D eigenvalue weighted by Crippen LogP contribution is 2.19. The Labute approximate surface area is 171 Å². The number of hydrogen-bond acceptors (Lipinski definition) is 6. The average Bonchev–Trinajstić information content (AvgIpc) is 2.76. The molecule has 0 saturated heterocycles. The highest BCUT2D eigenvalue weighted by Gasteiger charge is 2.10. The Morgan fingerprint density at radius 1 is 0.759 bits per heavy atom. The van der Waals surface area contributed by atoms with Crippen molar-refractivity contribution in [1.29, 1.82) is 0 Å². The van der Waals surface area contributed by atoms with Crippen LogP contribution < -0.4 is 0 Å². The molecule has 0 unspecified atom stereocenters. The molecule has 0 aromatic heterocycles. The fraction of sp³-hybridized carbons (Fsp3) is 0.391. The molecule has 156 valence electrons. The van der Waals surface area contributed by atoms with E-state index in [1.165, 1.54) is 0 Å². The van der Waals surface area contributed by atoms with Crippen molar-refractivity contribution in [3.8, 4) is 0 Å². The Morgan fingerprint density at radius 2 is 1.34 bits per heavy atom. The van der Waals surface area contributed by atoms with Crippen LogP contribution in [0.1, 0.15) is 29.6 Å². The van der Waals surface area contributed by atoms with Gasteiger partial charge in [0.2, 0.25) is 0 Å². The molecular formula is C23H28O6. The summed E-state index contributed by atoms with van der Waals surface area (Å²) >= 11 is 0. The van der Waals surface area contributed by atoms with Gasteiger partial charge >= 0.3 is 11.9 Å². The third-order valence-electron chi connectivity index (χ3n) is 4.10. The minimum Gasteiger partial charge on any atom is -0.462 e. The zero-order valence-corrected chi connectivity index (χ0v) is 16.6. The van der Waals surface area contributed by atoms with Crippen LogP contribution in [0.2, 0.25) is 0 Å². The largest absolute Gasteiger partial charge is 0.462 e. The number of ether oxygens (including phenoxy) is 4. The van der Waals surface area contributed by atoms with Crippen LogP contribution in [0.15, 0.2) is 55.1 Å². The fourth-order valence-electron chi connectivity index (χ4n) is 2.67. The quantitative estimate of drug-likeness (QED) is 0.272. The predicted molar refractivity (Wildman–Crippen MR) is 111 cm³/mol. The van der Waals surface area contributed by atoms with E-state index in [0.29, 0.717) is 58.0 Å². The molecule has 0 aliphatic carbocycles. The second kappa shape index (κ2) is 13.5. The number of fused-ring (bicyclic) bond motifs is 1. The van der Waals surface area contributed by atoms with Crippen LogP contribution in [0.4, 0.5) is 0 Å². The monoisotopic (exact) mass is 400 g/mol. The summed E-state index contributed by atoms with van der Waals surface area (Å²) in [6.07, 6.45) is 3.22. The molecule has 0 aliphatic rings. The van der Waals surface area contributed by atoms with Gasteiger partial charge in [0.25, 0.3) is 0 Å². The Morgan fingerprint density at radius 3 is 2.03 bits per heavy atom. The molecule has 6 heteroatoms. The van der Waals surface area contributed by atoms with Crippen LogP contribution in [0.3, 0.4) is 0 Å². The first-order valence-electron chi connectivity index (χ1n) is 9.82.